The van der Waals surface area contributed by atoms with Crippen LogP contribution >= 0.6 is 0 Å². The average molecular weight is 162 g/mol. The van der Waals surface area contributed by atoms with Crippen molar-refractivity contribution >= 4 is 17.8 Å². The minimum absolute atomic E-state index is 0.0116. The van der Waals surface area contributed by atoms with Crippen LogP contribution in [0.2, 0.25) is 0 Å². The summed E-state index contributed by atoms with van der Waals surface area (Å²) in [7, 11) is 0. The second-order valence-corrected chi connectivity index (χ2v) is 2.10. The summed E-state index contributed by atoms with van der Waals surface area (Å²) < 4.78 is 0.551. The summed E-state index contributed by atoms with van der Waals surface area (Å²) in [6.07, 6.45) is 3.09. The molecule has 0 radical (unpaired) electrons. The number of amidine groups is 1. The van der Waals surface area contributed by atoms with Gasteiger partial charge in [-0.05, 0) is 0 Å². The summed E-state index contributed by atoms with van der Waals surface area (Å²) in [6.45, 7) is 0. The Morgan fingerprint density at radius 1 is 1.44 bits per heavy atom. The zero-order valence-electron chi connectivity index (χ0n) is 4.46. The summed E-state index contributed by atoms with van der Waals surface area (Å²) in [6, 6.07) is 0. The normalized spacial score (nSPS) is 18.1. The number of nitrogens with zero attached hydrogens (tertiary/aromatic N) is 1. The zero-order valence-corrected chi connectivity index (χ0v) is 5.56. The molecule has 0 aromatic heterocycles. The van der Waals surface area contributed by atoms with Gasteiger partial charge in [-0.15, -0.1) is 0 Å². The van der Waals surface area contributed by atoms with Crippen LogP contribution in [0.25, 0.3) is 0 Å². The van der Waals surface area contributed by atoms with E-state index in [0.717, 1.165) is 0 Å². The molecule has 0 aliphatic carbocycles. The summed E-state index contributed by atoms with van der Waals surface area (Å²) >= 11 is 3.53. The van der Waals surface area contributed by atoms with Gasteiger partial charge in [-0.2, -0.15) is 0 Å². The second-order valence-electron chi connectivity index (χ2n) is 1.50. The van der Waals surface area contributed by atoms with E-state index in [1.807, 2.05) is 0 Å². The third-order valence-corrected chi connectivity index (χ3v) is 1.35. The Morgan fingerprint density at radius 3 is 2.56 bits per heavy atom. The molecule has 0 fully saturated rings. The van der Waals surface area contributed by atoms with E-state index < -0.39 is 0 Å². The second kappa shape index (κ2) is 2.25. The number of hydrogen-bond donors (Lipinski definition) is 2. The quantitative estimate of drug-likeness (QED) is 0.487. The van der Waals surface area contributed by atoms with E-state index in [-0.39, 0.29) is 11.5 Å². The number of nitrogens with one attached hydrogen (secondary N) is 2. The molecule has 1 aliphatic heterocycles. The van der Waals surface area contributed by atoms with Crippen LogP contribution in [0.1, 0.15) is 0 Å². The van der Waals surface area contributed by atoms with Gasteiger partial charge in [-0.1, -0.05) is 0 Å². The molecule has 47 valence electrons. The topological polar surface area (TPSA) is 60.1 Å². The Labute approximate surface area is 60.7 Å². The van der Waals surface area contributed by atoms with E-state index in [0.29, 0.717) is 4.47 Å². The van der Waals surface area contributed by atoms with Gasteiger partial charge >= 0.3 is 60.1 Å². The van der Waals surface area contributed by atoms with Gasteiger partial charge < -0.3 is 0 Å². The van der Waals surface area contributed by atoms with E-state index in [4.69, 9.17) is 10.8 Å². The molecule has 0 aromatic carbocycles. The molecular formula is C5H4FeN3. The molecular weight excluding hydrogens is 158 g/mol. The first-order valence-electron chi connectivity index (χ1n) is 2.28. The molecule has 1 rings (SSSR count). The molecule has 3 nitrogen and oxygen atoms in total. The van der Waals surface area contributed by atoms with Crippen LogP contribution in [0.5, 0.6) is 0 Å². The van der Waals surface area contributed by atoms with E-state index >= 15 is 0 Å². The zero-order chi connectivity index (χ0) is 6.85. The van der Waals surface area contributed by atoms with Crippen molar-refractivity contribution in [2.75, 3.05) is 0 Å². The van der Waals surface area contributed by atoms with Crippen molar-refractivity contribution in [2.24, 2.45) is 4.99 Å². The molecule has 0 spiro atoms. The van der Waals surface area contributed by atoms with Crippen LogP contribution in [0.3, 0.4) is 0 Å². The van der Waals surface area contributed by atoms with Gasteiger partial charge in [-0.25, -0.2) is 0 Å². The standard InChI is InChI=1S/C5H4N3.Fe/c6-4-2-1-3-8-5(4)7;/h1,3,6-7H;. The Bertz CT molecular complexity index is 226. The molecule has 0 atom stereocenters. The molecule has 9 heavy (non-hydrogen) atoms. The van der Waals surface area contributed by atoms with Crippen LogP contribution in [0.15, 0.2) is 15.5 Å². The SMILES string of the molecule is N=C1N=CC=[C]([Fe])C1=N. The molecule has 0 unspecified atom stereocenters. The van der Waals surface area contributed by atoms with Gasteiger partial charge in [0.2, 0.25) is 0 Å². The molecule has 0 bridgehead atoms. The third-order valence-electron chi connectivity index (χ3n) is 0.890. The van der Waals surface area contributed by atoms with Crippen molar-refractivity contribution in [1.82, 2.24) is 0 Å². The van der Waals surface area contributed by atoms with Crippen molar-refractivity contribution in [2.45, 2.75) is 0 Å². The third kappa shape index (κ3) is 1.15. The van der Waals surface area contributed by atoms with Crippen molar-refractivity contribution in [3.05, 3.63) is 10.5 Å². The molecule has 1 heterocycles. The van der Waals surface area contributed by atoms with Gasteiger partial charge in [0.15, 0.2) is 0 Å². The first kappa shape index (κ1) is 6.39. The van der Waals surface area contributed by atoms with E-state index in [2.05, 4.69) is 21.0 Å². The Kier molecular flexibility index (Phi) is 1.60. The number of allylic oxidation sites excluding steroid dienone is 1. The molecule has 1 aliphatic rings. The van der Waals surface area contributed by atoms with Crippen molar-refractivity contribution in [3.63, 3.8) is 0 Å². The first-order chi connectivity index (χ1) is 4.22. The summed E-state index contributed by atoms with van der Waals surface area (Å²) in [5, 5.41) is 14.2. The summed E-state index contributed by atoms with van der Waals surface area (Å²) in [5.74, 6) is -0.0116. The number of dihydropyridines is 1. The maximum atomic E-state index is 7.13. The van der Waals surface area contributed by atoms with E-state index in [9.17, 15) is 0 Å². The van der Waals surface area contributed by atoms with Gasteiger partial charge in [0, 0.05) is 0 Å². The fourth-order valence-corrected chi connectivity index (χ4v) is 0.647. The van der Waals surface area contributed by atoms with Gasteiger partial charge in [0.05, 0.1) is 0 Å². The fraction of sp³-hybridized carbons (Fsp3) is 0. The van der Waals surface area contributed by atoms with Crippen molar-refractivity contribution in [3.8, 4) is 0 Å². The van der Waals surface area contributed by atoms with Gasteiger partial charge in [-0.3, -0.25) is 0 Å². The molecule has 0 saturated carbocycles. The van der Waals surface area contributed by atoms with E-state index in [1.165, 1.54) is 6.21 Å². The molecule has 4 heteroatoms. The number of hydrogen-bond acceptors (Lipinski definition) is 2. The monoisotopic (exact) mass is 162 g/mol. The number of rotatable bonds is 0. The molecule has 0 aromatic rings. The molecule has 2 N–H and O–H groups in total. The van der Waals surface area contributed by atoms with Crippen LogP contribution in [-0.4, -0.2) is 17.8 Å². The first-order valence-corrected chi connectivity index (χ1v) is 2.83. The van der Waals surface area contributed by atoms with Crippen LogP contribution in [-0.2, 0) is 16.0 Å². The molecule has 0 saturated heterocycles. The predicted octanol–water partition coefficient (Wildman–Crippen LogP) is 0.499. The Balaban J connectivity index is 3.00. The van der Waals surface area contributed by atoms with E-state index in [1.54, 1.807) is 6.08 Å². The number of aliphatic imine (C=N–C) groups is 1. The van der Waals surface area contributed by atoms with Crippen molar-refractivity contribution in [1.29, 1.82) is 10.8 Å². The van der Waals surface area contributed by atoms with Crippen molar-refractivity contribution < 1.29 is 16.0 Å². The average Bonchev–Trinajstić information content (AvgIpc) is 1.83. The fourth-order valence-electron chi connectivity index (χ4n) is 0.434. The van der Waals surface area contributed by atoms with Gasteiger partial charge in [0.25, 0.3) is 0 Å². The van der Waals surface area contributed by atoms with Crippen LogP contribution in [0.4, 0.5) is 0 Å². The Morgan fingerprint density at radius 2 is 2.11 bits per heavy atom. The van der Waals surface area contributed by atoms with Crippen LogP contribution < -0.4 is 0 Å². The summed E-state index contributed by atoms with van der Waals surface area (Å²) in [5.41, 5.74) is 0.109. The Hall–Kier alpha value is -0.731. The minimum atomic E-state index is -0.0116. The predicted molar refractivity (Wildman–Crippen MR) is 32.0 cm³/mol. The summed E-state index contributed by atoms with van der Waals surface area (Å²) in [4.78, 5) is 3.58. The van der Waals surface area contributed by atoms with Crippen LogP contribution in [0, 0.1) is 10.8 Å². The maximum absolute atomic E-state index is 7.13. The van der Waals surface area contributed by atoms with Gasteiger partial charge in [0.1, 0.15) is 0 Å². The molecule has 0 amide bonds.